The van der Waals surface area contributed by atoms with E-state index in [1.54, 1.807) is 58.3 Å². The number of hydrogen-bond donors (Lipinski definition) is 2. The number of nitrogens with one attached hydrogen (secondary N) is 1. The van der Waals surface area contributed by atoms with Crippen LogP contribution in [-0.2, 0) is 4.74 Å². The lowest BCUT2D eigenvalue weighted by molar-refractivity contribution is 0.0636. The predicted octanol–water partition coefficient (Wildman–Crippen LogP) is 5.29. The number of methoxy groups -OCH3 is 1. The van der Waals surface area contributed by atoms with Crippen LogP contribution in [-0.4, -0.2) is 48.6 Å². The first-order valence-electron chi connectivity index (χ1n) is 12.4. The lowest BCUT2D eigenvalue weighted by Crippen LogP contribution is -2.27. The molecule has 204 valence electrons. The highest BCUT2D eigenvalue weighted by atomic mass is 16.6. The third-order valence-electron chi connectivity index (χ3n) is 5.70. The molecule has 1 amide bonds. The first-order chi connectivity index (χ1) is 19.1. The monoisotopic (exact) mass is 540 g/mol. The van der Waals surface area contributed by atoms with Crippen molar-refractivity contribution in [3.8, 4) is 39.9 Å². The number of aryl methyl sites for hydroxylation is 1. The van der Waals surface area contributed by atoms with Crippen molar-refractivity contribution in [1.29, 1.82) is 0 Å². The van der Waals surface area contributed by atoms with E-state index in [0.717, 1.165) is 16.8 Å². The second kappa shape index (κ2) is 10.5. The number of nitrogen functional groups attached to an aromatic ring is 1. The van der Waals surface area contributed by atoms with Crippen molar-refractivity contribution in [1.82, 2.24) is 29.8 Å². The van der Waals surface area contributed by atoms with Gasteiger partial charge in [0.2, 0.25) is 0 Å². The topological polar surface area (TPSA) is 152 Å². The summed E-state index contributed by atoms with van der Waals surface area (Å²) >= 11 is 0. The first-order valence-corrected chi connectivity index (χ1v) is 12.4. The number of hydrogen-bond acceptors (Lipinski definition) is 10. The highest BCUT2D eigenvalue weighted by Gasteiger charge is 2.22. The van der Waals surface area contributed by atoms with Gasteiger partial charge in [0.05, 0.1) is 7.11 Å². The third-order valence-corrected chi connectivity index (χ3v) is 5.70. The number of benzene rings is 2. The number of fused-ring (bicyclic) bond motifs is 1. The van der Waals surface area contributed by atoms with E-state index in [-0.39, 0.29) is 11.8 Å². The Kier molecular flexibility index (Phi) is 6.91. The Labute approximate surface area is 230 Å². The van der Waals surface area contributed by atoms with Crippen LogP contribution in [0.15, 0.2) is 61.1 Å². The minimum Gasteiger partial charge on any atom is -0.493 e. The van der Waals surface area contributed by atoms with Crippen LogP contribution in [0, 0.1) is 6.92 Å². The minimum atomic E-state index is -0.606. The van der Waals surface area contributed by atoms with Crippen LogP contribution in [0.25, 0.3) is 27.9 Å². The molecular formula is C28H28N8O4. The lowest BCUT2D eigenvalue weighted by Gasteiger charge is -2.19. The number of rotatable bonds is 6. The fourth-order valence-corrected chi connectivity index (χ4v) is 4.01. The maximum absolute atomic E-state index is 12.2. The van der Waals surface area contributed by atoms with Crippen molar-refractivity contribution in [2.45, 2.75) is 33.3 Å². The number of carbonyl (C=O) groups is 1. The molecular weight excluding hydrogens is 512 g/mol. The standard InChI is InChI=1S/C28H28N8O4/c1-16-12-13-30-26(33-16)39-20-11-8-18(14-21(20)38-5)22-23(35-36-24(22)25(29)31-15-32-36)17-6-9-19(10-7-17)34-27(37)40-28(2,3)4/h6-15H,1-5H3,(H,34,37)(H2,29,31,32). The third kappa shape index (κ3) is 5.60. The van der Waals surface area contributed by atoms with E-state index in [9.17, 15) is 4.79 Å². The van der Waals surface area contributed by atoms with Crippen LogP contribution in [0.2, 0.25) is 0 Å². The molecule has 40 heavy (non-hydrogen) atoms. The summed E-state index contributed by atoms with van der Waals surface area (Å²) < 4.78 is 18.3. The summed E-state index contributed by atoms with van der Waals surface area (Å²) in [4.78, 5) is 24.8. The summed E-state index contributed by atoms with van der Waals surface area (Å²) in [6, 6.07) is 14.6. The number of anilines is 2. The molecule has 12 heteroatoms. The van der Waals surface area contributed by atoms with Gasteiger partial charge in [0, 0.05) is 28.7 Å². The Morgan fingerprint density at radius 3 is 2.45 bits per heavy atom. The van der Waals surface area contributed by atoms with Gasteiger partial charge in [0.15, 0.2) is 17.3 Å². The Morgan fingerprint density at radius 2 is 1.75 bits per heavy atom. The van der Waals surface area contributed by atoms with Gasteiger partial charge in [-0.1, -0.05) is 18.2 Å². The number of aromatic nitrogens is 6. The summed E-state index contributed by atoms with van der Waals surface area (Å²) in [6.45, 7) is 7.27. The zero-order valence-corrected chi connectivity index (χ0v) is 22.7. The highest BCUT2D eigenvalue weighted by Crippen LogP contribution is 2.41. The molecule has 0 atom stereocenters. The van der Waals surface area contributed by atoms with Crippen molar-refractivity contribution >= 4 is 23.1 Å². The van der Waals surface area contributed by atoms with Crippen LogP contribution in [0.5, 0.6) is 17.5 Å². The zero-order chi connectivity index (χ0) is 28.4. The first kappa shape index (κ1) is 26.4. The largest absolute Gasteiger partial charge is 0.493 e. The Bertz CT molecular complexity index is 1690. The molecule has 3 heterocycles. The molecule has 3 N–H and O–H groups in total. The number of nitrogens with two attached hydrogens (primary N) is 1. The van der Waals surface area contributed by atoms with Crippen LogP contribution in [0.3, 0.4) is 0 Å². The molecule has 0 bridgehead atoms. The van der Waals surface area contributed by atoms with Gasteiger partial charge in [0.1, 0.15) is 23.1 Å². The second-order valence-corrected chi connectivity index (χ2v) is 9.86. The molecule has 5 rings (SSSR count). The van der Waals surface area contributed by atoms with Crippen molar-refractivity contribution in [2.24, 2.45) is 0 Å². The van der Waals surface area contributed by atoms with Crippen LogP contribution < -0.4 is 20.5 Å². The fourth-order valence-electron chi connectivity index (χ4n) is 4.01. The maximum Gasteiger partial charge on any atom is 0.412 e. The molecule has 0 radical (unpaired) electrons. The maximum atomic E-state index is 12.2. The SMILES string of the molecule is COc1cc(-c2c(-c3ccc(NC(=O)OC(C)(C)C)cc3)nn3ncnc(N)c23)ccc1Oc1nccc(C)n1. The van der Waals surface area contributed by atoms with E-state index >= 15 is 0 Å². The smallest absolute Gasteiger partial charge is 0.412 e. The molecule has 0 saturated heterocycles. The van der Waals surface area contributed by atoms with Gasteiger partial charge in [0.25, 0.3) is 0 Å². The highest BCUT2D eigenvalue weighted by molar-refractivity contribution is 5.97. The van der Waals surface area contributed by atoms with Crippen molar-refractivity contribution in [2.75, 3.05) is 18.2 Å². The van der Waals surface area contributed by atoms with Crippen LogP contribution in [0.4, 0.5) is 16.3 Å². The van der Waals surface area contributed by atoms with Gasteiger partial charge in [-0.15, -0.1) is 14.8 Å². The normalized spacial score (nSPS) is 11.3. The van der Waals surface area contributed by atoms with E-state index in [1.165, 1.54) is 11.0 Å². The molecule has 0 fully saturated rings. The number of amides is 1. The summed E-state index contributed by atoms with van der Waals surface area (Å²) in [5, 5.41) is 11.7. The van der Waals surface area contributed by atoms with Gasteiger partial charge in [-0.05, 0) is 63.6 Å². The lowest BCUT2D eigenvalue weighted by atomic mass is 9.99. The van der Waals surface area contributed by atoms with Crippen molar-refractivity contribution < 1.29 is 19.0 Å². The number of carbonyl (C=O) groups excluding carboxylic acids is 1. The molecule has 12 nitrogen and oxygen atoms in total. The van der Waals surface area contributed by atoms with E-state index in [4.69, 9.17) is 25.0 Å². The van der Waals surface area contributed by atoms with E-state index in [2.05, 4.69) is 25.4 Å². The molecule has 2 aromatic carbocycles. The average Bonchev–Trinajstić information content (AvgIpc) is 3.29. The van der Waals surface area contributed by atoms with Gasteiger partial charge in [-0.3, -0.25) is 5.32 Å². The molecule has 0 spiro atoms. The predicted molar refractivity (Wildman–Crippen MR) is 149 cm³/mol. The Morgan fingerprint density at radius 1 is 1.00 bits per heavy atom. The van der Waals surface area contributed by atoms with E-state index in [0.29, 0.717) is 34.0 Å². The number of nitrogens with zero attached hydrogens (tertiary/aromatic N) is 6. The molecule has 0 aliphatic rings. The molecule has 0 saturated carbocycles. The quantitative estimate of drug-likeness (QED) is 0.291. The summed E-state index contributed by atoms with van der Waals surface area (Å²) in [5.74, 6) is 1.16. The number of ether oxygens (including phenoxy) is 3. The molecule has 3 aromatic heterocycles. The summed E-state index contributed by atoms with van der Waals surface area (Å²) in [5.41, 5.74) is 10.4. The van der Waals surface area contributed by atoms with Gasteiger partial charge < -0.3 is 19.9 Å². The molecule has 0 aliphatic carbocycles. The zero-order valence-electron chi connectivity index (χ0n) is 22.7. The average molecular weight is 541 g/mol. The Hall–Kier alpha value is -5.26. The van der Waals surface area contributed by atoms with Gasteiger partial charge in [-0.25, -0.2) is 19.7 Å². The van der Waals surface area contributed by atoms with E-state index < -0.39 is 11.7 Å². The summed E-state index contributed by atoms with van der Waals surface area (Å²) in [6.07, 6.45) is 2.43. The minimum absolute atomic E-state index is 0.209. The molecule has 5 aromatic rings. The van der Waals surface area contributed by atoms with Gasteiger partial charge >= 0.3 is 12.1 Å². The van der Waals surface area contributed by atoms with Crippen LogP contribution >= 0.6 is 0 Å². The van der Waals surface area contributed by atoms with Crippen molar-refractivity contribution in [3.05, 3.63) is 66.7 Å². The molecule has 0 unspecified atom stereocenters. The Balaban J connectivity index is 1.54. The second-order valence-electron chi connectivity index (χ2n) is 9.86. The molecule has 0 aliphatic heterocycles. The van der Waals surface area contributed by atoms with Crippen molar-refractivity contribution in [3.63, 3.8) is 0 Å². The van der Waals surface area contributed by atoms with E-state index in [1.807, 2.05) is 31.2 Å². The van der Waals surface area contributed by atoms with Crippen LogP contribution in [0.1, 0.15) is 26.5 Å². The summed E-state index contributed by atoms with van der Waals surface area (Å²) in [7, 11) is 1.55. The van der Waals surface area contributed by atoms with Gasteiger partial charge in [-0.2, -0.15) is 0 Å². The fraction of sp³-hybridized carbons (Fsp3) is 0.214.